The van der Waals surface area contributed by atoms with E-state index in [0.29, 0.717) is 23.6 Å². The summed E-state index contributed by atoms with van der Waals surface area (Å²) in [6, 6.07) is 13.3. The van der Waals surface area contributed by atoms with Crippen molar-refractivity contribution in [3.63, 3.8) is 0 Å². The monoisotopic (exact) mass is 426 g/mol. The summed E-state index contributed by atoms with van der Waals surface area (Å²) in [6.07, 6.45) is 3.53. The molecular formula is C22H23BrN2O2. The highest BCUT2D eigenvalue weighted by Gasteiger charge is 2.13. The van der Waals surface area contributed by atoms with E-state index >= 15 is 0 Å². The molecule has 1 amide bonds. The quantitative estimate of drug-likeness (QED) is 0.346. The van der Waals surface area contributed by atoms with Crippen molar-refractivity contribution >= 4 is 33.6 Å². The first-order chi connectivity index (χ1) is 12.9. The van der Waals surface area contributed by atoms with E-state index in [0.717, 1.165) is 28.4 Å². The fourth-order valence-electron chi connectivity index (χ4n) is 2.54. The Morgan fingerprint density at radius 2 is 2.04 bits per heavy atom. The van der Waals surface area contributed by atoms with Crippen LogP contribution >= 0.6 is 15.9 Å². The lowest BCUT2D eigenvalue weighted by atomic mass is 10.1. The van der Waals surface area contributed by atoms with E-state index in [-0.39, 0.29) is 5.57 Å². The van der Waals surface area contributed by atoms with E-state index in [4.69, 9.17) is 4.74 Å². The van der Waals surface area contributed by atoms with Crippen molar-refractivity contribution in [3.8, 4) is 11.8 Å². The van der Waals surface area contributed by atoms with Crippen LogP contribution in [0, 0.1) is 25.2 Å². The van der Waals surface area contributed by atoms with Crippen LogP contribution in [0.25, 0.3) is 6.08 Å². The number of nitrogens with zero attached hydrogens (tertiary/aromatic N) is 1. The summed E-state index contributed by atoms with van der Waals surface area (Å²) < 4.78 is 6.65. The summed E-state index contributed by atoms with van der Waals surface area (Å²) in [5.74, 6) is 0.211. The number of halogens is 1. The smallest absolute Gasteiger partial charge is 0.266 e. The summed E-state index contributed by atoms with van der Waals surface area (Å²) in [4.78, 5) is 12.6. The molecule has 0 heterocycles. The Kier molecular flexibility index (Phi) is 7.63. The number of hydrogen-bond donors (Lipinski definition) is 1. The van der Waals surface area contributed by atoms with Crippen LogP contribution in [-0.2, 0) is 4.79 Å². The van der Waals surface area contributed by atoms with Crippen molar-refractivity contribution in [2.45, 2.75) is 33.6 Å². The van der Waals surface area contributed by atoms with Gasteiger partial charge in [-0.1, -0.05) is 47.0 Å². The number of hydrogen-bond acceptors (Lipinski definition) is 3. The predicted molar refractivity (Wildman–Crippen MR) is 113 cm³/mol. The first kappa shape index (κ1) is 20.7. The molecule has 2 aromatic rings. The van der Waals surface area contributed by atoms with Gasteiger partial charge in [-0.15, -0.1) is 0 Å². The molecule has 0 unspecified atom stereocenters. The summed E-state index contributed by atoms with van der Waals surface area (Å²) in [5.41, 5.74) is 3.47. The third kappa shape index (κ3) is 5.97. The van der Waals surface area contributed by atoms with Crippen LogP contribution in [0.1, 0.15) is 36.5 Å². The molecule has 4 nitrogen and oxygen atoms in total. The number of aryl methyl sites for hydroxylation is 2. The standard InChI is InChI=1S/C22H23BrN2O2/c1-4-5-10-27-21-9-7-19(23)13-17(21)12-18(14-24)22(26)25-20-8-6-15(2)11-16(20)3/h6-9,11-13H,4-5,10H2,1-3H3,(H,25,26). The number of carbonyl (C=O) groups is 1. The summed E-state index contributed by atoms with van der Waals surface area (Å²) in [5, 5.41) is 12.3. The number of nitrogens with one attached hydrogen (secondary N) is 1. The Bertz CT molecular complexity index is 898. The maximum atomic E-state index is 12.6. The van der Waals surface area contributed by atoms with Crippen molar-refractivity contribution in [1.29, 1.82) is 5.26 Å². The Morgan fingerprint density at radius 3 is 2.70 bits per heavy atom. The van der Waals surface area contributed by atoms with E-state index in [1.54, 1.807) is 6.08 Å². The molecule has 0 aliphatic carbocycles. The normalized spacial score (nSPS) is 11.0. The molecule has 5 heteroatoms. The first-order valence-corrected chi connectivity index (χ1v) is 9.66. The fourth-order valence-corrected chi connectivity index (χ4v) is 2.92. The van der Waals surface area contributed by atoms with Gasteiger partial charge in [0.05, 0.1) is 6.61 Å². The second-order valence-electron chi connectivity index (χ2n) is 6.33. The first-order valence-electron chi connectivity index (χ1n) is 8.87. The van der Waals surface area contributed by atoms with Crippen LogP contribution in [0.3, 0.4) is 0 Å². The van der Waals surface area contributed by atoms with Gasteiger partial charge in [-0.25, -0.2) is 0 Å². The SMILES string of the molecule is CCCCOc1ccc(Br)cc1C=C(C#N)C(=O)Nc1ccc(C)cc1C. The molecule has 0 radical (unpaired) electrons. The number of amides is 1. The number of carbonyl (C=O) groups excluding carboxylic acids is 1. The molecule has 0 saturated carbocycles. The number of ether oxygens (including phenoxy) is 1. The van der Waals surface area contributed by atoms with Gasteiger partial charge in [0.2, 0.25) is 0 Å². The average molecular weight is 427 g/mol. The summed E-state index contributed by atoms with van der Waals surface area (Å²) in [7, 11) is 0. The van der Waals surface area contributed by atoms with Gasteiger partial charge in [0.15, 0.2) is 0 Å². The minimum Gasteiger partial charge on any atom is -0.493 e. The Hall–Kier alpha value is -2.58. The molecule has 0 atom stereocenters. The molecule has 0 aliphatic rings. The van der Waals surface area contributed by atoms with Crippen molar-refractivity contribution in [1.82, 2.24) is 0 Å². The summed E-state index contributed by atoms with van der Waals surface area (Å²) >= 11 is 3.43. The van der Waals surface area contributed by atoms with Gasteiger partial charge >= 0.3 is 0 Å². The van der Waals surface area contributed by atoms with Gasteiger partial charge in [-0.2, -0.15) is 5.26 Å². The van der Waals surface area contributed by atoms with E-state index < -0.39 is 5.91 Å². The maximum Gasteiger partial charge on any atom is 0.266 e. The largest absolute Gasteiger partial charge is 0.493 e. The van der Waals surface area contributed by atoms with Crippen LogP contribution < -0.4 is 10.1 Å². The minimum atomic E-state index is -0.441. The lowest BCUT2D eigenvalue weighted by Crippen LogP contribution is -2.14. The second kappa shape index (κ2) is 9.94. The highest BCUT2D eigenvalue weighted by atomic mass is 79.9. The Balaban J connectivity index is 2.28. The Morgan fingerprint density at radius 1 is 1.26 bits per heavy atom. The van der Waals surface area contributed by atoms with Crippen molar-refractivity contribution < 1.29 is 9.53 Å². The maximum absolute atomic E-state index is 12.6. The molecule has 0 aromatic heterocycles. The lowest BCUT2D eigenvalue weighted by Gasteiger charge is -2.11. The van der Waals surface area contributed by atoms with Crippen molar-refractivity contribution in [2.24, 2.45) is 0 Å². The van der Waals surface area contributed by atoms with Crippen molar-refractivity contribution in [2.75, 3.05) is 11.9 Å². The topological polar surface area (TPSA) is 62.1 Å². The molecule has 0 saturated heterocycles. The third-order valence-corrected chi connectivity index (χ3v) is 4.52. The second-order valence-corrected chi connectivity index (χ2v) is 7.24. The molecule has 0 fully saturated rings. The molecule has 140 valence electrons. The molecule has 0 bridgehead atoms. The van der Waals surface area contributed by atoms with E-state index in [2.05, 4.69) is 28.2 Å². The minimum absolute atomic E-state index is 0.0217. The van der Waals surface area contributed by atoms with Crippen LogP contribution in [0.15, 0.2) is 46.4 Å². The van der Waals surface area contributed by atoms with Gasteiger partial charge in [0.1, 0.15) is 17.4 Å². The van der Waals surface area contributed by atoms with Crippen LogP contribution in [0.4, 0.5) is 5.69 Å². The zero-order valence-electron chi connectivity index (χ0n) is 15.8. The lowest BCUT2D eigenvalue weighted by molar-refractivity contribution is -0.112. The molecule has 0 aliphatic heterocycles. The Labute approximate surface area is 169 Å². The average Bonchev–Trinajstić information content (AvgIpc) is 2.63. The number of nitriles is 1. The van der Waals surface area contributed by atoms with Gasteiger partial charge in [-0.3, -0.25) is 4.79 Å². The van der Waals surface area contributed by atoms with Crippen LogP contribution in [0.2, 0.25) is 0 Å². The number of anilines is 1. The third-order valence-electron chi connectivity index (χ3n) is 4.02. The summed E-state index contributed by atoms with van der Waals surface area (Å²) in [6.45, 7) is 6.60. The van der Waals surface area contributed by atoms with E-state index in [1.807, 2.05) is 56.3 Å². The highest BCUT2D eigenvalue weighted by Crippen LogP contribution is 2.26. The van der Waals surface area contributed by atoms with Gasteiger partial charge in [0.25, 0.3) is 5.91 Å². The van der Waals surface area contributed by atoms with Crippen LogP contribution in [0.5, 0.6) is 5.75 Å². The van der Waals surface area contributed by atoms with Gasteiger partial charge in [-0.05, 0) is 56.2 Å². The van der Waals surface area contributed by atoms with E-state index in [1.165, 1.54) is 0 Å². The van der Waals surface area contributed by atoms with Gasteiger partial charge in [0, 0.05) is 15.7 Å². The van der Waals surface area contributed by atoms with Crippen LogP contribution in [-0.4, -0.2) is 12.5 Å². The van der Waals surface area contributed by atoms with Gasteiger partial charge < -0.3 is 10.1 Å². The highest BCUT2D eigenvalue weighted by molar-refractivity contribution is 9.10. The number of unbranched alkanes of at least 4 members (excludes halogenated alkanes) is 1. The zero-order chi connectivity index (χ0) is 19.8. The molecule has 0 spiro atoms. The van der Waals surface area contributed by atoms with E-state index in [9.17, 15) is 10.1 Å². The molecule has 2 aromatic carbocycles. The molecule has 27 heavy (non-hydrogen) atoms. The fraction of sp³-hybridized carbons (Fsp3) is 0.273. The molecule has 2 rings (SSSR count). The molecule has 1 N–H and O–H groups in total. The number of rotatable bonds is 7. The predicted octanol–water partition coefficient (Wildman–Crippen LogP) is 5.79. The zero-order valence-corrected chi connectivity index (χ0v) is 17.4. The molecular weight excluding hydrogens is 404 g/mol. The van der Waals surface area contributed by atoms with Crippen molar-refractivity contribution in [3.05, 3.63) is 63.1 Å². The number of benzene rings is 2.